The van der Waals surface area contributed by atoms with Gasteiger partial charge in [-0.2, -0.15) is 0 Å². The molecule has 0 aliphatic carbocycles. The number of aryl methyl sites for hydroxylation is 2. The molecule has 0 fully saturated rings. The fraction of sp³-hybridized carbons (Fsp3) is 0.0857. The predicted molar refractivity (Wildman–Crippen MR) is 180 cm³/mol. The third-order valence-electron chi connectivity index (χ3n) is 6.56. The SMILES string of the molecule is Cc1ccc(-c2nc(NC(=O)CSc3cccc(NC(=O)/C(=C/c4ccccc4F)NC(=O)c4ccccc4)c3)sc2C)cc1. The molecule has 0 aliphatic rings. The maximum absolute atomic E-state index is 14.4. The largest absolute Gasteiger partial charge is 0.321 e. The first-order valence-electron chi connectivity index (χ1n) is 14.0. The molecule has 0 saturated heterocycles. The van der Waals surface area contributed by atoms with Crippen LogP contribution in [-0.4, -0.2) is 28.5 Å². The van der Waals surface area contributed by atoms with Crippen molar-refractivity contribution in [1.29, 1.82) is 0 Å². The Morgan fingerprint density at radius 3 is 2.36 bits per heavy atom. The Balaban J connectivity index is 1.24. The van der Waals surface area contributed by atoms with Crippen molar-refractivity contribution in [3.8, 4) is 11.3 Å². The summed E-state index contributed by atoms with van der Waals surface area (Å²) in [4.78, 5) is 45.3. The monoisotopic (exact) mass is 636 g/mol. The van der Waals surface area contributed by atoms with E-state index in [0.717, 1.165) is 26.6 Å². The number of aromatic nitrogens is 1. The van der Waals surface area contributed by atoms with Crippen LogP contribution in [0.15, 0.2) is 114 Å². The van der Waals surface area contributed by atoms with Gasteiger partial charge in [0.15, 0.2) is 5.13 Å². The molecule has 0 unspecified atom stereocenters. The molecule has 10 heteroatoms. The van der Waals surface area contributed by atoms with E-state index >= 15 is 0 Å². The third-order valence-corrected chi connectivity index (χ3v) is 8.44. The Labute approximate surface area is 268 Å². The zero-order valence-corrected chi connectivity index (χ0v) is 26.1. The van der Waals surface area contributed by atoms with Gasteiger partial charge in [-0.25, -0.2) is 9.37 Å². The second-order valence-corrected chi connectivity index (χ2v) is 12.3. The van der Waals surface area contributed by atoms with E-state index in [9.17, 15) is 18.8 Å². The average Bonchev–Trinajstić information content (AvgIpc) is 3.40. The predicted octanol–water partition coefficient (Wildman–Crippen LogP) is 7.71. The molecule has 0 radical (unpaired) electrons. The second-order valence-electron chi connectivity index (χ2n) is 10.0. The van der Waals surface area contributed by atoms with Crippen LogP contribution in [0.3, 0.4) is 0 Å². The van der Waals surface area contributed by atoms with Crippen molar-refractivity contribution in [2.45, 2.75) is 18.7 Å². The number of anilines is 2. The molecule has 5 aromatic rings. The number of thiazole rings is 1. The summed E-state index contributed by atoms with van der Waals surface area (Å²) in [5.41, 5.74) is 3.81. The van der Waals surface area contributed by atoms with Gasteiger partial charge >= 0.3 is 0 Å². The molecule has 0 saturated carbocycles. The van der Waals surface area contributed by atoms with E-state index in [4.69, 9.17) is 0 Å². The number of amides is 3. The zero-order valence-electron chi connectivity index (χ0n) is 24.5. The van der Waals surface area contributed by atoms with Crippen molar-refractivity contribution in [2.24, 2.45) is 0 Å². The molecule has 3 amide bonds. The summed E-state index contributed by atoms with van der Waals surface area (Å²) in [6.45, 7) is 4.00. The van der Waals surface area contributed by atoms with E-state index in [0.29, 0.717) is 16.4 Å². The van der Waals surface area contributed by atoms with E-state index in [-0.39, 0.29) is 22.9 Å². The van der Waals surface area contributed by atoms with Gasteiger partial charge in [-0.15, -0.1) is 23.1 Å². The lowest BCUT2D eigenvalue weighted by Gasteiger charge is -2.12. The molecule has 3 N–H and O–H groups in total. The van der Waals surface area contributed by atoms with Crippen molar-refractivity contribution in [2.75, 3.05) is 16.4 Å². The number of benzene rings is 4. The summed E-state index contributed by atoms with van der Waals surface area (Å²) in [7, 11) is 0. The van der Waals surface area contributed by atoms with Gasteiger partial charge in [-0.1, -0.05) is 72.3 Å². The average molecular weight is 637 g/mol. The summed E-state index contributed by atoms with van der Waals surface area (Å²) < 4.78 is 14.4. The first-order chi connectivity index (χ1) is 21.7. The van der Waals surface area contributed by atoms with E-state index in [1.807, 2.05) is 44.2 Å². The molecule has 1 heterocycles. The van der Waals surface area contributed by atoms with E-state index in [2.05, 4.69) is 20.9 Å². The summed E-state index contributed by atoms with van der Waals surface area (Å²) in [5, 5.41) is 8.78. The molecule has 226 valence electrons. The summed E-state index contributed by atoms with van der Waals surface area (Å²) in [5.74, 6) is -1.76. The van der Waals surface area contributed by atoms with Crippen LogP contribution in [0.5, 0.6) is 0 Å². The molecule has 5 rings (SSSR count). The highest BCUT2D eigenvalue weighted by Gasteiger charge is 2.17. The smallest absolute Gasteiger partial charge is 0.272 e. The van der Waals surface area contributed by atoms with Gasteiger partial charge in [0.2, 0.25) is 5.91 Å². The molecule has 0 atom stereocenters. The highest BCUT2D eigenvalue weighted by Crippen LogP contribution is 2.31. The minimum Gasteiger partial charge on any atom is -0.321 e. The minimum absolute atomic E-state index is 0.126. The van der Waals surface area contributed by atoms with Crippen LogP contribution in [-0.2, 0) is 9.59 Å². The van der Waals surface area contributed by atoms with Gasteiger partial charge in [-0.3, -0.25) is 14.4 Å². The van der Waals surface area contributed by atoms with Gasteiger partial charge in [0.25, 0.3) is 11.8 Å². The number of hydrogen-bond acceptors (Lipinski definition) is 6. The maximum Gasteiger partial charge on any atom is 0.272 e. The first kappa shape index (κ1) is 31.4. The molecule has 0 spiro atoms. The number of carbonyl (C=O) groups is 3. The van der Waals surface area contributed by atoms with E-state index in [1.54, 1.807) is 60.7 Å². The van der Waals surface area contributed by atoms with Gasteiger partial charge in [0, 0.05) is 32.2 Å². The third kappa shape index (κ3) is 8.53. The highest BCUT2D eigenvalue weighted by molar-refractivity contribution is 8.00. The summed E-state index contributed by atoms with van der Waals surface area (Å²) in [6.07, 6.45) is 1.29. The van der Waals surface area contributed by atoms with Gasteiger partial charge in [-0.05, 0) is 56.3 Å². The lowest BCUT2D eigenvalue weighted by Crippen LogP contribution is -2.30. The summed E-state index contributed by atoms with van der Waals surface area (Å²) in [6, 6.07) is 29.4. The van der Waals surface area contributed by atoms with Crippen molar-refractivity contribution in [3.63, 3.8) is 0 Å². The molecule has 45 heavy (non-hydrogen) atoms. The van der Waals surface area contributed by atoms with Gasteiger partial charge in [0.05, 0.1) is 11.4 Å². The Morgan fingerprint density at radius 1 is 0.867 bits per heavy atom. The van der Waals surface area contributed by atoms with Crippen molar-refractivity contribution in [1.82, 2.24) is 10.3 Å². The molecule has 4 aromatic carbocycles. The zero-order chi connectivity index (χ0) is 31.8. The fourth-order valence-corrected chi connectivity index (χ4v) is 5.89. The number of hydrogen-bond donors (Lipinski definition) is 3. The fourth-order valence-electron chi connectivity index (χ4n) is 4.29. The number of rotatable bonds is 10. The van der Waals surface area contributed by atoms with Crippen LogP contribution in [0, 0.1) is 19.7 Å². The molecule has 0 aliphatic heterocycles. The number of halogens is 1. The minimum atomic E-state index is -0.633. The number of thioether (sulfide) groups is 1. The van der Waals surface area contributed by atoms with Crippen molar-refractivity contribution < 1.29 is 18.8 Å². The van der Waals surface area contributed by atoms with Gasteiger partial charge in [0.1, 0.15) is 11.5 Å². The number of nitrogens with one attached hydrogen (secondary N) is 3. The topological polar surface area (TPSA) is 100 Å². The van der Waals surface area contributed by atoms with E-state index in [1.165, 1.54) is 41.3 Å². The Kier molecular flexibility index (Phi) is 10.2. The Bertz CT molecular complexity index is 1870. The standard InChI is InChI=1S/C35H29FN4O3S2/c1-22-15-17-24(18-16-22)32-23(2)45-35(40-32)39-31(41)21-44-28-13-8-12-27(20-28)37-34(43)30(19-26-11-6-7-14-29(26)36)38-33(42)25-9-4-3-5-10-25/h3-20H,21H2,1-2H3,(H,37,43)(H,38,42)(H,39,40,41)/b30-19-. The van der Waals surface area contributed by atoms with Gasteiger partial charge < -0.3 is 16.0 Å². The molecule has 0 bridgehead atoms. The van der Waals surface area contributed by atoms with Crippen LogP contribution < -0.4 is 16.0 Å². The molecule has 1 aromatic heterocycles. The van der Waals surface area contributed by atoms with Crippen LogP contribution >= 0.6 is 23.1 Å². The van der Waals surface area contributed by atoms with Crippen LogP contribution in [0.2, 0.25) is 0 Å². The van der Waals surface area contributed by atoms with Crippen molar-refractivity contribution in [3.05, 3.63) is 136 Å². The number of carbonyl (C=O) groups excluding carboxylic acids is 3. The Morgan fingerprint density at radius 2 is 1.60 bits per heavy atom. The maximum atomic E-state index is 14.4. The number of nitrogens with zero attached hydrogens (tertiary/aromatic N) is 1. The lowest BCUT2D eigenvalue weighted by atomic mass is 10.1. The summed E-state index contributed by atoms with van der Waals surface area (Å²) >= 11 is 2.72. The highest BCUT2D eigenvalue weighted by atomic mass is 32.2. The normalized spacial score (nSPS) is 11.1. The lowest BCUT2D eigenvalue weighted by molar-refractivity contribution is -0.114. The quantitative estimate of drug-likeness (QED) is 0.108. The molecular formula is C35H29FN4O3S2. The van der Waals surface area contributed by atoms with Crippen molar-refractivity contribution >= 4 is 57.7 Å². The Hall–Kier alpha value is -5.06. The van der Waals surface area contributed by atoms with Crippen LogP contribution in [0.25, 0.3) is 17.3 Å². The van der Waals surface area contributed by atoms with Crippen LogP contribution in [0.1, 0.15) is 26.4 Å². The van der Waals surface area contributed by atoms with Crippen LogP contribution in [0.4, 0.5) is 15.2 Å². The molecular weight excluding hydrogens is 608 g/mol. The second kappa shape index (κ2) is 14.6. The van der Waals surface area contributed by atoms with E-state index < -0.39 is 17.6 Å². The molecule has 7 nitrogen and oxygen atoms in total. The first-order valence-corrected chi connectivity index (χ1v) is 15.8.